The van der Waals surface area contributed by atoms with Crippen molar-refractivity contribution in [1.29, 1.82) is 0 Å². The number of likely N-dealkylation sites (tertiary alicyclic amines) is 1. The van der Waals surface area contributed by atoms with E-state index in [9.17, 15) is 18.0 Å². The number of nitrogens with one attached hydrogen (secondary N) is 1. The molecule has 2 heterocycles. The van der Waals surface area contributed by atoms with Gasteiger partial charge in [0.2, 0.25) is 0 Å². The van der Waals surface area contributed by atoms with Crippen molar-refractivity contribution in [2.45, 2.75) is 43.9 Å². The van der Waals surface area contributed by atoms with Crippen LogP contribution in [0, 0.1) is 18.2 Å². The van der Waals surface area contributed by atoms with Crippen LogP contribution < -0.4 is 5.32 Å². The number of ether oxygens (including phenoxy) is 1. The van der Waals surface area contributed by atoms with Gasteiger partial charge in [-0.3, -0.25) is 4.79 Å². The highest BCUT2D eigenvalue weighted by Gasteiger charge is 2.64. The van der Waals surface area contributed by atoms with Crippen molar-refractivity contribution < 1.29 is 27.1 Å². The van der Waals surface area contributed by atoms with Gasteiger partial charge in [-0.1, -0.05) is 48.5 Å². The van der Waals surface area contributed by atoms with Crippen LogP contribution in [0.4, 0.5) is 17.6 Å². The van der Waals surface area contributed by atoms with Gasteiger partial charge in [-0.25, -0.2) is 4.39 Å². The fraction of sp³-hybridized carbons (Fsp3) is 0.500. The van der Waals surface area contributed by atoms with Crippen molar-refractivity contribution >= 4 is 5.91 Å². The second kappa shape index (κ2) is 9.30. The predicted octanol–water partition coefficient (Wildman–Crippen LogP) is 4.92. The average Bonchev–Trinajstić information content (AvgIpc) is 2.82. The first-order valence-electron chi connectivity index (χ1n) is 11.6. The number of aryl methyl sites for hydroxylation is 1. The Morgan fingerprint density at radius 2 is 1.74 bits per heavy atom. The Labute approximate surface area is 197 Å². The number of piperidine rings is 2. The molecule has 2 fully saturated rings. The van der Waals surface area contributed by atoms with E-state index in [2.05, 4.69) is 5.32 Å². The summed E-state index contributed by atoms with van der Waals surface area (Å²) in [5, 5.41) is 3.34. The summed E-state index contributed by atoms with van der Waals surface area (Å²) in [6, 6.07) is 12.4. The van der Waals surface area contributed by atoms with Crippen LogP contribution in [0.3, 0.4) is 0 Å². The van der Waals surface area contributed by atoms with Crippen LogP contribution in [-0.4, -0.2) is 50.3 Å². The first-order chi connectivity index (χ1) is 16.2. The van der Waals surface area contributed by atoms with E-state index in [1.165, 1.54) is 29.2 Å². The Bertz CT molecular complexity index is 1020. The Morgan fingerprint density at radius 1 is 1.06 bits per heavy atom. The molecule has 2 aromatic carbocycles. The van der Waals surface area contributed by atoms with Gasteiger partial charge < -0.3 is 15.0 Å². The smallest absolute Gasteiger partial charge is 0.356 e. The van der Waals surface area contributed by atoms with Crippen molar-refractivity contribution in [3.63, 3.8) is 0 Å². The maximum absolute atomic E-state index is 15.0. The number of rotatable bonds is 4. The molecule has 2 aliphatic rings. The van der Waals surface area contributed by atoms with Gasteiger partial charge in [0.15, 0.2) is 0 Å². The van der Waals surface area contributed by atoms with Gasteiger partial charge in [0, 0.05) is 38.2 Å². The summed E-state index contributed by atoms with van der Waals surface area (Å²) < 4.78 is 63.1. The lowest BCUT2D eigenvalue weighted by atomic mass is 9.62. The second-order valence-corrected chi connectivity index (χ2v) is 9.39. The molecule has 4 nitrogen and oxygen atoms in total. The van der Waals surface area contributed by atoms with E-state index in [0.29, 0.717) is 30.5 Å². The van der Waals surface area contributed by atoms with E-state index in [1.807, 2.05) is 6.07 Å². The Hall–Kier alpha value is -2.45. The Morgan fingerprint density at radius 3 is 2.35 bits per heavy atom. The fourth-order valence-corrected chi connectivity index (χ4v) is 5.73. The van der Waals surface area contributed by atoms with Gasteiger partial charge in [-0.2, -0.15) is 13.2 Å². The maximum atomic E-state index is 15.0. The average molecular weight is 479 g/mol. The molecular formula is C26H30F4N2O2. The van der Waals surface area contributed by atoms with Gasteiger partial charge in [0.05, 0.1) is 0 Å². The van der Waals surface area contributed by atoms with E-state index in [1.54, 1.807) is 25.1 Å². The fourth-order valence-electron chi connectivity index (χ4n) is 5.73. The molecule has 0 aliphatic carbocycles. The SMILES string of the molecule is CO[C@@](C(=O)N1CCC2(CCNC[C@H]2c2cccc(C)c2F)CC1)(c1ccccc1)C(F)(F)F. The van der Waals surface area contributed by atoms with E-state index >= 15 is 4.39 Å². The summed E-state index contributed by atoms with van der Waals surface area (Å²) in [5.41, 5.74) is -2.37. The molecule has 1 amide bonds. The van der Waals surface area contributed by atoms with Crippen molar-refractivity contribution in [2.75, 3.05) is 33.3 Å². The summed E-state index contributed by atoms with van der Waals surface area (Å²) in [6.07, 6.45) is -3.15. The maximum Gasteiger partial charge on any atom is 0.430 e. The number of halogens is 4. The van der Waals surface area contributed by atoms with Crippen molar-refractivity contribution in [3.8, 4) is 0 Å². The third-order valence-corrected chi connectivity index (χ3v) is 7.72. The predicted molar refractivity (Wildman–Crippen MR) is 121 cm³/mol. The first-order valence-corrected chi connectivity index (χ1v) is 11.6. The monoisotopic (exact) mass is 478 g/mol. The van der Waals surface area contributed by atoms with Gasteiger partial charge in [-0.15, -0.1) is 0 Å². The molecule has 1 spiro atoms. The quantitative estimate of drug-likeness (QED) is 0.634. The molecule has 2 atom stereocenters. The lowest BCUT2D eigenvalue weighted by molar-refractivity contribution is -0.271. The van der Waals surface area contributed by atoms with Crippen molar-refractivity contribution in [1.82, 2.24) is 10.2 Å². The van der Waals surface area contributed by atoms with Crippen LogP contribution in [0.15, 0.2) is 48.5 Å². The van der Waals surface area contributed by atoms with Gasteiger partial charge >= 0.3 is 6.18 Å². The summed E-state index contributed by atoms with van der Waals surface area (Å²) >= 11 is 0. The largest absolute Gasteiger partial charge is 0.430 e. The molecule has 34 heavy (non-hydrogen) atoms. The highest BCUT2D eigenvalue weighted by atomic mass is 19.4. The number of amides is 1. The van der Waals surface area contributed by atoms with Crippen LogP contribution in [0.25, 0.3) is 0 Å². The number of nitrogens with zero attached hydrogens (tertiary/aromatic N) is 1. The van der Waals surface area contributed by atoms with E-state index in [0.717, 1.165) is 20.1 Å². The molecule has 184 valence electrons. The molecule has 1 N–H and O–H groups in total. The summed E-state index contributed by atoms with van der Waals surface area (Å²) in [6.45, 7) is 3.41. The van der Waals surface area contributed by atoms with Crippen LogP contribution in [0.5, 0.6) is 0 Å². The molecule has 0 saturated carbocycles. The summed E-state index contributed by atoms with van der Waals surface area (Å²) in [5.74, 6) is -1.44. The summed E-state index contributed by atoms with van der Waals surface area (Å²) in [7, 11) is 0.924. The van der Waals surface area contributed by atoms with E-state index in [-0.39, 0.29) is 35.8 Å². The number of alkyl halides is 3. The minimum absolute atomic E-state index is 0.109. The normalized spacial score (nSPS) is 22.4. The summed E-state index contributed by atoms with van der Waals surface area (Å²) in [4.78, 5) is 14.7. The number of methoxy groups -OCH3 is 1. The molecular weight excluding hydrogens is 448 g/mol. The number of hydrogen-bond acceptors (Lipinski definition) is 3. The zero-order chi connectivity index (χ0) is 24.6. The van der Waals surface area contributed by atoms with Gasteiger partial charge in [-0.05, 0) is 49.3 Å². The molecule has 2 saturated heterocycles. The minimum atomic E-state index is -4.93. The third-order valence-electron chi connectivity index (χ3n) is 7.72. The molecule has 0 aromatic heterocycles. The van der Waals surface area contributed by atoms with Crippen LogP contribution in [0.2, 0.25) is 0 Å². The highest BCUT2D eigenvalue weighted by Crippen LogP contribution is 2.50. The number of hydrogen-bond donors (Lipinski definition) is 1. The van der Waals surface area contributed by atoms with Gasteiger partial charge in [0.1, 0.15) is 5.82 Å². The van der Waals surface area contributed by atoms with Crippen LogP contribution in [-0.2, 0) is 15.1 Å². The molecule has 0 bridgehead atoms. The Balaban J connectivity index is 1.62. The lowest BCUT2D eigenvalue weighted by Gasteiger charge is -2.50. The molecule has 4 rings (SSSR count). The number of carbonyl (C=O) groups is 1. The Kier molecular flexibility index (Phi) is 6.75. The zero-order valence-corrected chi connectivity index (χ0v) is 19.4. The van der Waals surface area contributed by atoms with E-state index in [4.69, 9.17) is 4.74 Å². The third kappa shape index (κ3) is 4.01. The van der Waals surface area contributed by atoms with Gasteiger partial charge in [0.25, 0.3) is 11.5 Å². The van der Waals surface area contributed by atoms with Crippen LogP contribution >= 0.6 is 0 Å². The molecule has 2 aromatic rings. The molecule has 0 radical (unpaired) electrons. The first kappa shape index (κ1) is 24.7. The molecule has 8 heteroatoms. The lowest BCUT2D eigenvalue weighted by Crippen LogP contribution is -2.59. The second-order valence-electron chi connectivity index (χ2n) is 9.39. The topological polar surface area (TPSA) is 41.6 Å². The molecule has 2 aliphatic heterocycles. The van der Waals surface area contributed by atoms with Crippen molar-refractivity contribution in [2.24, 2.45) is 5.41 Å². The minimum Gasteiger partial charge on any atom is -0.356 e. The molecule has 0 unspecified atom stereocenters. The zero-order valence-electron chi connectivity index (χ0n) is 19.4. The van der Waals surface area contributed by atoms with E-state index < -0.39 is 17.7 Å². The standard InChI is InChI=1S/C26H30F4N2O2/c1-18-7-6-10-20(22(18)27)21-17-31-14-11-24(21)12-15-32(16-13-24)23(33)25(34-2,26(28,29)30)19-8-4-3-5-9-19/h3-10,21,31H,11-17H2,1-2H3/t21-,25+/m0/s1. The number of carbonyl (C=O) groups excluding carboxylic acids is 1. The number of benzene rings is 2. The van der Waals surface area contributed by atoms with Crippen LogP contribution in [0.1, 0.15) is 41.9 Å². The highest BCUT2D eigenvalue weighted by molar-refractivity contribution is 5.88. The van der Waals surface area contributed by atoms with Crippen molar-refractivity contribution in [3.05, 3.63) is 71.0 Å².